The number of benzene rings is 1. The molecule has 6 heteroatoms. The molecule has 1 unspecified atom stereocenters. The maximum atomic E-state index is 11.1. The molecule has 0 aliphatic carbocycles. The Bertz CT molecular complexity index is 801. The van der Waals surface area contributed by atoms with Gasteiger partial charge in [0.15, 0.2) is 0 Å². The van der Waals surface area contributed by atoms with Crippen molar-refractivity contribution in [2.75, 3.05) is 46.4 Å². The first kappa shape index (κ1) is 23.9. The van der Waals surface area contributed by atoms with E-state index in [-0.39, 0.29) is 12.6 Å². The summed E-state index contributed by atoms with van der Waals surface area (Å²) < 4.78 is 5.37. The molecule has 31 heavy (non-hydrogen) atoms. The summed E-state index contributed by atoms with van der Waals surface area (Å²) in [6.07, 6.45) is 8.37. The van der Waals surface area contributed by atoms with Crippen molar-refractivity contribution in [2.24, 2.45) is 0 Å². The van der Waals surface area contributed by atoms with Crippen molar-refractivity contribution in [1.29, 1.82) is 0 Å². The molecule has 1 saturated heterocycles. The number of methoxy groups -OCH3 is 1. The number of piperazine rings is 1. The van der Waals surface area contributed by atoms with Gasteiger partial charge in [-0.25, -0.2) is 0 Å². The molecule has 0 spiro atoms. The second-order valence-corrected chi connectivity index (χ2v) is 8.67. The molecule has 0 saturated carbocycles. The molecular weight excluding hydrogens is 390 g/mol. The summed E-state index contributed by atoms with van der Waals surface area (Å²) in [6.45, 7) is 7.03. The number of rotatable bonds is 12. The van der Waals surface area contributed by atoms with Gasteiger partial charge in [0.1, 0.15) is 5.75 Å². The third-order valence-corrected chi connectivity index (χ3v) is 6.48. The number of unbranched alkanes of at least 4 members (excludes halogenated alkanes) is 4. The van der Waals surface area contributed by atoms with Gasteiger partial charge in [-0.1, -0.05) is 32.6 Å². The van der Waals surface area contributed by atoms with Crippen LogP contribution in [0, 0.1) is 0 Å². The zero-order valence-corrected chi connectivity index (χ0v) is 19.2. The SMILES string of the molecule is CCCCCCCN1CCN(CC(O)c2ccnc3ccc(OC)cc23)[C@H](CCO)C1. The first-order chi connectivity index (χ1) is 15.2. The van der Waals surface area contributed by atoms with Crippen LogP contribution >= 0.6 is 0 Å². The fourth-order valence-corrected chi connectivity index (χ4v) is 4.65. The maximum Gasteiger partial charge on any atom is 0.119 e. The molecule has 0 amide bonds. The predicted molar refractivity (Wildman–Crippen MR) is 126 cm³/mol. The standard InChI is InChI=1S/C25H39N3O3/c1-3-4-5-6-7-13-27-14-15-28(20(18-27)11-16-29)19-25(30)22-10-12-26-24-9-8-21(31-2)17-23(22)24/h8-10,12,17,20,25,29-30H,3-7,11,13-16,18-19H2,1-2H3/t20-,25?/m1/s1. The molecule has 2 N–H and O–H groups in total. The van der Waals surface area contributed by atoms with Gasteiger partial charge in [0.2, 0.25) is 0 Å². The average Bonchev–Trinajstić information content (AvgIpc) is 2.79. The van der Waals surface area contributed by atoms with Gasteiger partial charge in [-0.3, -0.25) is 9.88 Å². The maximum absolute atomic E-state index is 11.1. The molecule has 0 radical (unpaired) electrons. The predicted octanol–water partition coefficient (Wildman–Crippen LogP) is 3.62. The number of hydrogen-bond donors (Lipinski definition) is 2. The second kappa shape index (κ2) is 12.3. The lowest BCUT2D eigenvalue weighted by molar-refractivity contribution is 0.0226. The van der Waals surface area contributed by atoms with Gasteiger partial charge in [-0.05, 0) is 49.2 Å². The first-order valence-electron chi connectivity index (χ1n) is 11.8. The Balaban J connectivity index is 1.62. The summed E-state index contributed by atoms with van der Waals surface area (Å²) in [4.78, 5) is 9.31. The third kappa shape index (κ3) is 6.62. The zero-order valence-electron chi connectivity index (χ0n) is 19.2. The number of ether oxygens (including phenoxy) is 1. The van der Waals surface area contributed by atoms with Crippen molar-refractivity contribution in [2.45, 2.75) is 57.6 Å². The van der Waals surface area contributed by atoms with E-state index in [0.29, 0.717) is 6.54 Å². The van der Waals surface area contributed by atoms with Crippen LogP contribution in [0.25, 0.3) is 10.9 Å². The molecule has 3 rings (SSSR count). The number of β-amino-alcohol motifs (C(OH)–C–C–N with tert-alkyl or cyclic N) is 1. The monoisotopic (exact) mass is 429 g/mol. The van der Waals surface area contributed by atoms with E-state index in [1.165, 1.54) is 32.1 Å². The first-order valence-corrected chi connectivity index (χ1v) is 11.8. The van der Waals surface area contributed by atoms with E-state index in [2.05, 4.69) is 21.7 Å². The van der Waals surface area contributed by atoms with E-state index in [4.69, 9.17) is 4.74 Å². The molecule has 1 aliphatic rings. The van der Waals surface area contributed by atoms with Gasteiger partial charge in [-0.15, -0.1) is 0 Å². The van der Waals surface area contributed by atoms with Crippen LogP contribution < -0.4 is 4.74 Å². The lowest BCUT2D eigenvalue weighted by Gasteiger charge is -2.42. The molecule has 1 aromatic heterocycles. The molecule has 2 heterocycles. The zero-order chi connectivity index (χ0) is 22.1. The van der Waals surface area contributed by atoms with E-state index in [1.54, 1.807) is 13.3 Å². The second-order valence-electron chi connectivity index (χ2n) is 8.67. The minimum Gasteiger partial charge on any atom is -0.497 e. The summed E-state index contributed by atoms with van der Waals surface area (Å²) in [5, 5.41) is 21.7. The van der Waals surface area contributed by atoms with Crippen molar-refractivity contribution in [3.05, 3.63) is 36.0 Å². The smallest absolute Gasteiger partial charge is 0.119 e. The van der Waals surface area contributed by atoms with Crippen molar-refractivity contribution in [1.82, 2.24) is 14.8 Å². The number of fused-ring (bicyclic) bond motifs is 1. The lowest BCUT2D eigenvalue weighted by Crippen LogP contribution is -2.54. The number of hydrogen-bond acceptors (Lipinski definition) is 6. The number of nitrogens with zero attached hydrogens (tertiary/aromatic N) is 3. The highest BCUT2D eigenvalue weighted by atomic mass is 16.5. The van der Waals surface area contributed by atoms with E-state index in [0.717, 1.165) is 54.8 Å². The van der Waals surface area contributed by atoms with E-state index < -0.39 is 6.10 Å². The summed E-state index contributed by atoms with van der Waals surface area (Å²) in [5.74, 6) is 0.764. The quantitative estimate of drug-likeness (QED) is 0.502. The number of aliphatic hydroxyl groups is 2. The fraction of sp³-hybridized carbons (Fsp3) is 0.640. The van der Waals surface area contributed by atoms with Gasteiger partial charge in [0, 0.05) is 50.4 Å². The molecular formula is C25H39N3O3. The van der Waals surface area contributed by atoms with Crippen molar-refractivity contribution >= 4 is 10.9 Å². The van der Waals surface area contributed by atoms with Crippen LogP contribution in [-0.4, -0.2) is 77.5 Å². The van der Waals surface area contributed by atoms with Crippen LogP contribution in [0.1, 0.15) is 57.1 Å². The highest BCUT2D eigenvalue weighted by Crippen LogP contribution is 2.28. The van der Waals surface area contributed by atoms with Gasteiger partial charge in [-0.2, -0.15) is 0 Å². The van der Waals surface area contributed by atoms with E-state index in [9.17, 15) is 10.2 Å². The number of pyridine rings is 1. The van der Waals surface area contributed by atoms with E-state index in [1.807, 2.05) is 24.3 Å². The normalized spacial score (nSPS) is 19.0. The van der Waals surface area contributed by atoms with Crippen LogP contribution in [-0.2, 0) is 0 Å². The Morgan fingerprint density at radius 3 is 2.77 bits per heavy atom. The molecule has 2 atom stereocenters. The Hall–Kier alpha value is -1.73. The Morgan fingerprint density at radius 1 is 1.16 bits per heavy atom. The van der Waals surface area contributed by atoms with Gasteiger partial charge >= 0.3 is 0 Å². The molecule has 1 fully saturated rings. The van der Waals surface area contributed by atoms with Crippen LogP contribution in [0.15, 0.2) is 30.5 Å². The number of aliphatic hydroxyl groups excluding tert-OH is 2. The highest BCUT2D eigenvalue weighted by Gasteiger charge is 2.28. The number of aromatic nitrogens is 1. The third-order valence-electron chi connectivity index (χ3n) is 6.48. The van der Waals surface area contributed by atoms with Crippen molar-refractivity contribution in [3.8, 4) is 5.75 Å². The minimum absolute atomic E-state index is 0.178. The molecule has 6 nitrogen and oxygen atoms in total. The molecule has 2 aromatic rings. The summed E-state index contributed by atoms with van der Waals surface area (Å²) >= 11 is 0. The van der Waals surface area contributed by atoms with Crippen LogP contribution in [0.4, 0.5) is 0 Å². The summed E-state index contributed by atoms with van der Waals surface area (Å²) in [5.41, 5.74) is 1.74. The van der Waals surface area contributed by atoms with Crippen LogP contribution in [0.2, 0.25) is 0 Å². The summed E-state index contributed by atoms with van der Waals surface area (Å²) in [7, 11) is 1.65. The Kier molecular flexibility index (Phi) is 9.53. The average molecular weight is 430 g/mol. The molecule has 0 bridgehead atoms. The Morgan fingerprint density at radius 2 is 2.00 bits per heavy atom. The van der Waals surface area contributed by atoms with Gasteiger partial charge < -0.3 is 19.8 Å². The highest BCUT2D eigenvalue weighted by molar-refractivity contribution is 5.83. The van der Waals surface area contributed by atoms with E-state index >= 15 is 0 Å². The van der Waals surface area contributed by atoms with Gasteiger partial charge in [0.25, 0.3) is 0 Å². The largest absolute Gasteiger partial charge is 0.497 e. The van der Waals surface area contributed by atoms with Crippen molar-refractivity contribution < 1.29 is 14.9 Å². The lowest BCUT2D eigenvalue weighted by atomic mass is 10.0. The summed E-state index contributed by atoms with van der Waals surface area (Å²) in [6, 6.07) is 7.94. The Labute approximate surface area is 186 Å². The molecule has 1 aliphatic heterocycles. The molecule has 172 valence electrons. The van der Waals surface area contributed by atoms with Crippen LogP contribution in [0.5, 0.6) is 5.75 Å². The van der Waals surface area contributed by atoms with Crippen molar-refractivity contribution in [3.63, 3.8) is 0 Å². The fourth-order valence-electron chi connectivity index (χ4n) is 4.65. The minimum atomic E-state index is -0.612. The molecule has 1 aromatic carbocycles. The van der Waals surface area contributed by atoms with Gasteiger partial charge in [0.05, 0.1) is 18.7 Å². The topological polar surface area (TPSA) is 69.1 Å². The van der Waals surface area contributed by atoms with Crippen LogP contribution in [0.3, 0.4) is 0 Å².